The average Bonchev–Trinajstić information content (AvgIpc) is 1.91. The van der Waals surface area contributed by atoms with Gasteiger partial charge in [0.2, 0.25) is 0 Å². The van der Waals surface area contributed by atoms with Gasteiger partial charge < -0.3 is 4.43 Å². The normalized spacial score (nSPS) is 8.82. The van der Waals surface area contributed by atoms with Gasteiger partial charge in [0.25, 0.3) is 0 Å². The van der Waals surface area contributed by atoms with Gasteiger partial charge in [0.05, 0.1) is 0 Å². The molecule has 0 aliphatic rings. The van der Waals surface area contributed by atoms with Crippen molar-refractivity contribution in [2.75, 3.05) is 7.11 Å². The topological polar surface area (TPSA) is 9.23 Å². The van der Waals surface area contributed by atoms with Gasteiger partial charge in [0.15, 0.2) is 9.76 Å². The lowest BCUT2D eigenvalue weighted by molar-refractivity contribution is 0.450. The van der Waals surface area contributed by atoms with Crippen molar-refractivity contribution in [1.82, 2.24) is 0 Å². The van der Waals surface area contributed by atoms with E-state index in [-0.39, 0.29) is 24.8 Å². The van der Waals surface area contributed by atoms with Crippen LogP contribution in [-0.4, -0.2) is 16.9 Å². The SMILES string of the molecule is CO[SiH2]c1ccccc1.Cl.Cl. The third-order valence-electron chi connectivity index (χ3n) is 1.15. The Bertz CT molecular complexity index is 169. The van der Waals surface area contributed by atoms with Crippen molar-refractivity contribution in [3.8, 4) is 0 Å². The summed E-state index contributed by atoms with van der Waals surface area (Å²) in [4.78, 5) is 0. The maximum Gasteiger partial charge on any atom is 0.191 e. The van der Waals surface area contributed by atoms with Crippen LogP contribution in [0, 0.1) is 0 Å². The molecule has 11 heavy (non-hydrogen) atoms. The largest absolute Gasteiger partial charge is 0.422 e. The quantitative estimate of drug-likeness (QED) is 0.660. The van der Waals surface area contributed by atoms with Gasteiger partial charge in [-0.3, -0.25) is 0 Å². The molecule has 1 rings (SSSR count). The molecule has 0 radical (unpaired) electrons. The number of benzene rings is 1. The maximum atomic E-state index is 5.07. The van der Waals surface area contributed by atoms with Crippen molar-refractivity contribution < 1.29 is 4.43 Å². The molecule has 0 unspecified atom stereocenters. The first-order chi connectivity index (χ1) is 4.43. The van der Waals surface area contributed by atoms with Crippen LogP contribution in [0.2, 0.25) is 0 Å². The van der Waals surface area contributed by atoms with Crippen molar-refractivity contribution >= 4 is 39.8 Å². The minimum absolute atomic E-state index is 0. The number of hydrogen-bond donors (Lipinski definition) is 0. The van der Waals surface area contributed by atoms with Gasteiger partial charge in [-0.15, -0.1) is 24.8 Å². The Morgan fingerprint density at radius 3 is 2.09 bits per heavy atom. The Balaban J connectivity index is 0. The highest BCUT2D eigenvalue weighted by Crippen LogP contribution is 1.80. The van der Waals surface area contributed by atoms with Crippen LogP contribution in [0.15, 0.2) is 30.3 Å². The van der Waals surface area contributed by atoms with Crippen molar-refractivity contribution in [2.24, 2.45) is 0 Å². The third kappa shape index (κ3) is 5.27. The molecule has 0 bridgehead atoms. The highest BCUT2D eigenvalue weighted by molar-refractivity contribution is 6.46. The smallest absolute Gasteiger partial charge is 0.191 e. The van der Waals surface area contributed by atoms with Crippen LogP contribution in [0.1, 0.15) is 0 Å². The second-order valence-electron chi connectivity index (χ2n) is 1.92. The number of rotatable bonds is 2. The highest BCUT2D eigenvalue weighted by atomic mass is 35.5. The molecule has 4 heteroatoms. The van der Waals surface area contributed by atoms with Crippen LogP contribution in [0.3, 0.4) is 0 Å². The zero-order chi connectivity index (χ0) is 6.53. The molecular weight excluding hydrogens is 199 g/mol. The summed E-state index contributed by atoms with van der Waals surface area (Å²) in [5.74, 6) is 0. The third-order valence-corrected chi connectivity index (χ3v) is 2.25. The summed E-state index contributed by atoms with van der Waals surface area (Å²) in [7, 11) is 1.36. The standard InChI is InChI=1S/C7H10OSi.2ClH/c1-8-9-7-5-3-2-4-6-7;;/h2-6H,9H2,1H3;2*1H. The van der Waals surface area contributed by atoms with Gasteiger partial charge in [0.1, 0.15) is 0 Å². The monoisotopic (exact) mass is 210 g/mol. The predicted octanol–water partition coefficient (Wildman–Crippen LogP) is 0.886. The Kier molecular flexibility index (Phi) is 9.96. The van der Waals surface area contributed by atoms with Crippen molar-refractivity contribution in [3.05, 3.63) is 30.3 Å². The predicted molar refractivity (Wildman–Crippen MR) is 56.1 cm³/mol. The molecule has 1 nitrogen and oxygen atoms in total. The molecule has 1 aromatic carbocycles. The zero-order valence-corrected chi connectivity index (χ0v) is 9.37. The van der Waals surface area contributed by atoms with Crippen LogP contribution in [0.25, 0.3) is 0 Å². The first kappa shape index (κ1) is 13.6. The first-order valence-corrected chi connectivity index (χ1v) is 4.25. The fraction of sp³-hybridized carbons (Fsp3) is 0.143. The summed E-state index contributed by atoms with van der Waals surface area (Å²) in [5, 5.41) is 1.36. The summed E-state index contributed by atoms with van der Waals surface area (Å²) in [5.41, 5.74) is 0. The van der Waals surface area contributed by atoms with Crippen LogP contribution in [-0.2, 0) is 4.43 Å². The van der Waals surface area contributed by atoms with E-state index in [1.807, 2.05) is 18.2 Å². The molecule has 0 saturated heterocycles. The molecule has 0 spiro atoms. The lowest BCUT2D eigenvalue weighted by Gasteiger charge is -1.94. The molecule has 0 N–H and O–H groups in total. The molecule has 0 aliphatic carbocycles. The van der Waals surface area contributed by atoms with Gasteiger partial charge in [-0.25, -0.2) is 0 Å². The van der Waals surface area contributed by atoms with E-state index in [9.17, 15) is 0 Å². The van der Waals surface area contributed by atoms with E-state index in [1.54, 1.807) is 7.11 Å². The Morgan fingerprint density at radius 2 is 1.64 bits per heavy atom. The minimum atomic E-state index is -0.401. The Labute approximate surface area is 81.9 Å². The number of hydrogen-bond acceptors (Lipinski definition) is 1. The number of halogens is 2. The van der Waals surface area contributed by atoms with Gasteiger partial charge in [-0.2, -0.15) is 0 Å². The van der Waals surface area contributed by atoms with E-state index >= 15 is 0 Å². The van der Waals surface area contributed by atoms with E-state index in [0.29, 0.717) is 0 Å². The molecule has 0 aliphatic heterocycles. The lowest BCUT2D eigenvalue weighted by Crippen LogP contribution is -2.14. The van der Waals surface area contributed by atoms with E-state index in [1.165, 1.54) is 5.19 Å². The summed E-state index contributed by atoms with van der Waals surface area (Å²) >= 11 is 0. The van der Waals surface area contributed by atoms with E-state index in [0.717, 1.165) is 0 Å². The first-order valence-electron chi connectivity index (χ1n) is 2.96. The van der Waals surface area contributed by atoms with E-state index in [4.69, 9.17) is 4.43 Å². The summed E-state index contributed by atoms with van der Waals surface area (Å²) in [6.45, 7) is 0. The molecular formula is C7H12Cl2OSi. The van der Waals surface area contributed by atoms with Crippen LogP contribution >= 0.6 is 24.8 Å². The lowest BCUT2D eigenvalue weighted by atomic mass is 10.4. The molecule has 1 aromatic rings. The van der Waals surface area contributed by atoms with Crippen LogP contribution in [0.4, 0.5) is 0 Å². The Morgan fingerprint density at radius 1 is 1.09 bits per heavy atom. The summed E-state index contributed by atoms with van der Waals surface area (Å²) < 4.78 is 5.07. The molecule has 0 amide bonds. The van der Waals surface area contributed by atoms with Crippen molar-refractivity contribution in [1.29, 1.82) is 0 Å². The second-order valence-corrected chi connectivity index (χ2v) is 3.60. The van der Waals surface area contributed by atoms with Gasteiger partial charge in [-0.05, 0) is 5.19 Å². The second kappa shape index (κ2) is 8.08. The molecule has 64 valence electrons. The van der Waals surface area contributed by atoms with Crippen molar-refractivity contribution in [3.63, 3.8) is 0 Å². The highest BCUT2D eigenvalue weighted by Gasteiger charge is 1.86. The molecule has 0 atom stereocenters. The van der Waals surface area contributed by atoms with Crippen LogP contribution in [0.5, 0.6) is 0 Å². The average molecular weight is 211 g/mol. The fourth-order valence-corrected chi connectivity index (χ4v) is 1.54. The maximum absolute atomic E-state index is 5.07. The Hall–Kier alpha value is -0.0231. The van der Waals surface area contributed by atoms with Crippen LogP contribution < -0.4 is 5.19 Å². The molecule has 0 fully saturated rings. The zero-order valence-electron chi connectivity index (χ0n) is 6.32. The summed E-state index contributed by atoms with van der Waals surface area (Å²) in [6, 6.07) is 10.3. The van der Waals surface area contributed by atoms with Gasteiger partial charge in [0, 0.05) is 7.11 Å². The summed E-state index contributed by atoms with van der Waals surface area (Å²) in [6.07, 6.45) is 0. The van der Waals surface area contributed by atoms with Crippen molar-refractivity contribution in [2.45, 2.75) is 0 Å². The van der Waals surface area contributed by atoms with E-state index < -0.39 is 9.76 Å². The molecule has 0 heterocycles. The van der Waals surface area contributed by atoms with Gasteiger partial charge in [-0.1, -0.05) is 30.3 Å². The van der Waals surface area contributed by atoms with Gasteiger partial charge >= 0.3 is 0 Å². The van der Waals surface area contributed by atoms with E-state index in [2.05, 4.69) is 12.1 Å². The fourth-order valence-electron chi connectivity index (χ4n) is 0.741. The minimum Gasteiger partial charge on any atom is -0.422 e. The molecule has 0 aromatic heterocycles. The molecule has 0 saturated carbocycles.